The van der Waals surface area contributed by atoms with Crippen LogP contribution in [0, 0.1) is 0 Å². The molecule has 1 amide bonds. The molecule has 164 valence electrons. The summed E-state index contributed by atoms with van der Waals surface area (Å²) in [5.41, 5.74) is 0.669. The quantitative estimate of drug-likeness (QED) is 0.411. The number of thioether (sulfide) groups is 1. The number of carbonyl (C=O) groups is 1. The number of fused-ring (bicyclic) bond motifs is 1. The van der Waals surface area contributed by atoms with Gasteiger partial charge in [0.2, 0.25) is 5.91 Å². The summed E-state index contributed by atoms with van der Waals surface area (Å²) in [6.45, 7) is 1.20. The summed E-state index contributed by atoms with van der Waals surface area (Å²) < 4.78 is 17.2. The molecule has 1 aromatic heterocycles. The molecule has 2 heterocycles. The molecular weight excluding hydrogens is 456 g/mol. The molecule has 1 aliphatic heterocycles. The highest BCUT2D eigenvalue weighted by Gasteiger charge is 2.27. The van der Waals surface area contributed by atoms with Crippen molar-refractivity contribution >= 4 is 56.0 Å². The number of ether oxygens (including phenoxy) is 3. The smallest absolute Gasteiger partial charge is 0.239 e. The Hall–Kier alpha value is -2.00. The van der Waals surface area contributed by atoms with Crippen molar-refractivity contribution in [3.63, 3.8) is 0 Å². The van der Waals surface area contributed by atoms with Crippen molar-refractivity contribution in [1.82, 2.24) is 4.98 Å². The number of halogens is 1. The Labute approximate surface area is 194 Å². The van der Waals surface area contributed by atoms with E-state index < -0.39 is 0 Å². The number of aromatic nitrogens is 1. The van der Waals surface area contributed by atoms with Gasteiger partial charge in [-0.05, 0) is 49.2 Å². The first-order valence-electron chi connectivity index (χ1n) is 9.91. The standard InChI is InChI=1S/C22H23ClN2O4S2/c1-27-14-5-7-16(8-6-14)30-13-19(26)25(12-15-4-3-11-29-15)22-24-20-18(28-2)10-9-17(23)21(20)31-22/h5-10,15H,3-4,11-13H2,1-2H3. The second-order valence-corrected chi connectivity index (χ2v) is 9.46. The van der Waals surface area contributed by atoms with Crippen molar-refractivity contribution in [1.29, 1.82) is 0 Å². The fourth-order valence-corrected chi connectivity index (χ4v) is 5.45. The summed E-state index contributed by atoms with van der Waals surface area (Å²) in [6.07, 6.45) is 1.95. The molecule has 3 aromatic rings. The van der Waals surface area contributed by atoms with Gasteiger partial charge in [-0.25, -0.2) is 4.98 Å². The minimum absolute atomic E-state index is 0.0133. The van der Waals surface area contributed by atoms with Crippen LogP contribution in [0.5, 0.6) is 11.5 Å². The first-order valence-corrected chi connectivity index (χ1v) is 12.1. The van der Waals surface area contributed by atoms with Crippen molar-refractivity contribution in [2.75, 3.05) is 38.0 Å². The molecule has 0 N–H and O–H groups in total. The van der Waals surface area contributed by atoms with Gasteiger partial charge in [0.25, 0.3) is 0 Å². The molecule has 1 saturated heterocycles. The molecule has 0 spiro atoms. The van der Waals surface area contributed by atoms with Crippen molar-refractivity contribution in [3.8, 4) is 11.5 Å². The van der Waals surface area contributed by atoms with Crippen LogP contribution >= 0.6 is 34.7 Å². The van der Waals surface area contributed by atoms with Crippen LogP contribution < -0.4 is 14.4 Å². The van der Waals surface area contributed by atoms with E-state index in [9.17, 15) is 4.79 Å². The fourth-order valence-electron chi connectivity index (χ4n) is 3.39. The van der Waals surface area contributed by atoms with Gasteiger partial charge in [-0.3, -0.25) is 9.69 Å². The first kappa shape index (κ1) is 22.2. The summed E-state index contributed by atoms with van der Waals surface area (Å²) >= 11 is 9.28. The number of nitrogens with zero attached hydrogens (tertiary/aromatic N) is 2. The molecular formula is C22H23ClN2O4S2. The predicted molar refractivity (Wildman–Crippen MR) is 126 cm³/mol. The number of methoxy groups -OCH3 is 2. The number of rotatable bonds is 8. The zero-order valence-electron chi connectivity index (χ0n) is 17.3. The van der Waals surface area contributed by atoms with Crippen LogP contribution in [0.3, 0.4) is 0 Å². The minimum atomic E-state index is -0.0227. The molecule has 1 aliphatic rings. The minimum Gasteiger partial charge on any atom is -0.497 e. The van der Waals surface area contributed by atoms with Gasteiger partial charge in [0.05, 0.1) is 42.3 Å². The van der Waals surface area contributed by atoms with Crippen LogP contribution in [0.15, 0.2) is 41.3 Å². The molecule has 31 heavy (non-hydrogen) atoms. The number of benzene rings is 2. The largest absolute Gasteiger partial charge is 0.497 e. The molecule has 0 bridgehead atoms. The van der Waals surface area contributed by atoms with E-state index in [0.29, 0.717) is 33.7 Å². The van der Waals surface area contributed by atoms with Crippen LogP contribution in [-0.4, -0.2) is 50.1 Å². The molecule has 1 atom stereocenters. The Bertz CT molecular complexity index is 1050. The number of hydrogen-bond acceptors (Lipinski definition) is 7. The molecule has 1 unspecified atom stereocenters. The molecule has 0 radical (unpaired) electrons. The third-order valence-electron chi connectivity index (χ3n) is 5.03. The molecule has 0 saturated carbocycles. The van der Waals surface area contributed by atoms with Gasteiger partial charge in [0, 0.05) is 11.5 Å². The Morgan fingerprint density at radius 1 is 1.26 bits per heavy atom. The van der Waals surface area contributed by atoms with Gasteiger partial charge in [0.1, 0.15) is 17.0 Å². The number of thiazole rings is 1. The lowest BCUT2D eigenvalue weighted by Crippen LogP contribution is -2.38. The molecule has 6 nitrogen and oxygen atoms in total. The van der Waals surface area contributed by atoms with Crippen LogP contribution in [0.4, 0.5) is 5.13 Å². The van der Waals surface area contributed by atoms with E-state index in [1.165, 1.54) is 23.1 Å². The summed E-state index contributed by atoms with van der Waals surface area (Å²) in [5.74, 6) is 1.69. The van der Waals surface area contributed by atoms with E-state index in [1.807, 2.05) is 24.3 Å². The summed E-state index contributed by atoms with van der Waals surface area (Å²) in [7, 11) is 3.23. The molecule has 1 fully saturated rings. The van der Waals surface area contributed by atoms with Gasteiger partial charge in [0.15, 0.2) is 5.13 Å². The zero-order chi connectivity index (χ0) is 21.8. The van der Waals surface area contributed by atoms with Gasteiger partial charge in [-0.2, -0.15) is 0 Å². The monoisotopic (exact) mass is 478 g/mol. The third kappa shape index (κ3) is 5.09. The van der Waals surface area contributed by atoms with E-state index >= 15 is 0 Å². The molecule has 0 aliphatic carbocycles. The van der Waals surface area contributed by atoms with E-state index in [1.54, 1.807) is 31.3 Å². The Morgan fingerprint density at radius 2 is 2.06 bits per heavy atom. The summed E-state index contributed by atoms with van der Waals surface area (Å²) in [5, 5.41) is 1.20. The molecule has 4 rings (SSSR count). The summed E-state index contributed by atoms with van der Waals surface area (Å²) in [6, 6.07) is 11.3. The third-order valence-corrected chi connectivity index (χ3v) is 7.57. The van der Waals surface area contributed by atoms with Crippen LogP contribution in [0.1, 0.15) is 12.8 Å². The van der Waals surface area contributed by atoms with Crippen molar-refractivity contribution < 1.29 is 19.0 Å². The van der Waals surface area contributed by atoms with E-state index in [-0.39, 0.29) is 12.0 Å². The number of amides is 1. The van der Waals surface area contributed by atoms with E-state index in [2.05, 4.69) is 0 Å². The zero-order valence-corrected chi connectivity index (χ0v) is 19.7. The normalized spacial score (nSPS) is 15.9. The van der Waals surface area contributed by atoms with E-state index in [0.717, 1.165) is 34.8 Å². The lowest BCUT2D eigenvalue weighted by molar-refractivity contribution is -0.116. The first-order chi connectivity index (χ1) is 15.1. The van der Waals surface area contributed by atoms with E-state index in [4.69, 9.17) is 30.8 Å². The molecule has 2 aromatic carbocycles. The second-order valence-electron chi connectivity index (χ2n) is 7.03. The van der Waals surface area contributed by atoms with Gasteiger partial charge >= 0.3 is 0 Å². The highest BCUT2D eigenvalue weighted by molar-refractivity contribution is 8.00. The van der Waals surface area contributed by atoms with Crippen LogP contribution in [0.25, 0.3) is 10.2 Å². The Kier molecular flexibility index (Phi) is 7.22. The Balaban J connectivity index is 1.58. The topological polar surface area (TPSA) is 60.9 Å². The van der Waals surface area contributed by atoms with Gasteiger partial charge in [-0.1, -0.05) is 22.9 Å². The van der Waals surface area contributed by atoms with Crippen LogP contribution in [0.2, 0.25) is 5.02 Å². The van der Waals surface area contributed by atoms with Crippen molar-refractivity contribution in [3.05, 3.63) is 41.4 Å². The lowest BCUT2D eigenvalue weighted by Gasteiger charge is -2.23. The average molecular weight is 479 g/mol. The summed E-state index contributed by atoms with van der Waals surface area (Å²) in [4.78, 5) is 20.7. The second kappa shape index (κ2) is 10.1. The molecule has 9 heteroatoms. The van der Waals surface area contributed by atoms with Gasteiger partial charge < -0.3 is 14.2 Å². The van der Waals surface area contributed by atoms with Crippen molar-refractivity contribution in [2.45, 2.75) is 23.8 Å². The fraction of sp³-hybridized carbons (Fsp3) is 0.364. The predicted octanol–water partition coefficient (Wildman–Crippen LogP) is 5.27. The Morgan fingerprint density at radius 3 is 2.74 bits per heavy atom. The highest BCUT2D eigenvalue weighted by atomic mass is 35.5. The maximum absolute atomic E-state index is 13.3. The number of carbonyl (C=O) groups excluding carboxylic acids is 1. The SMILES string of the molecule is COc1ccc(SCC(=O)N(CC2CCCO2)c2nc3c(OC)ccc(Cl)c3s2)cc1. The number of hydrogen-bond donors (Lipinski definition) is 0. The van der Waals surface area contributed by atoms with Crippen LogP contribution in [-0.2, 0) is 9.53 Å². The average Bonchev–Trinajstić information content (AvgIpc) is 3.47. The highest BCUT2D eigenvalue weighted by Crippen LogP contribution is 2.39. The van der Waals surface area contributed by atoms with Crippen molar-refractivity contribution in [2.24, 2.45) is 0 Å². The maximum Gasteiger partial charge on any atom is 0.239 e. The van der Waals surface area contributed by atoms with Gasteiger partial charge in [-0.15, -0.1) is 11.8 Å². The maximum atomic E-state index is 13.3. The number of anilines is 1. The lowest BCUT2D eigenvalue weighted by atomic mass is 10.2.